The molecule has 15 heavy (non-hydrogen) atoms. The average Bonchev–Trinajstić information content (AvgIpc) is 2.25. The van der Waals surface area contributed by atoms with Crippen LogP contribution >= 0.6 is 32.9 Å². The maximum Gasteiger partial charge on any atom is 0.237 e. The van der Waals surface area contributed by atoms with Crippen LogP contribution in [0, 0.1) is 0 Å². The van der Waals surface area contributed by atoms with E-state index in [1.807, 2.05) is 0 Å². The summed E-state index contributed by atoms with van der Waals surface area (Å²) in [6.45, 7) is 2.22. The monoisotopic (exact) mass is 350 g/mol. The van der Waals surface area contributed by atoms with Crippen molar-refractivity contribution in [2.75, 3.05) is 0 Å². The fraction of sp³-hybridized carbons (Fsp3) is 0.333. The molecule has 1 aromatic rings. The molecule has 0 N–H and O–H groups in total. The molecule has 0 saturated heterocycles. The lowest BCUT2D eigenvalue weighted by atomic mass is 10.1. The average molecular weight is 351 g/mol. The van der Waals surface area contributed by atoms with E-state index in [0.29, 0.717) is 0 Å². The highest BCUT2D eigenvalue weighted by atomic mass is 127. The maximum absolute atomic E-state index is 6.24. The smallest absolute Gasteiger partial charge is 0.152 e. The molecule has 1 aromatic carbocycles. The van der Waals surface area contributed by atoms with E-state index in [1.54, 1.807) is 0 Å². The molecule has 0 fully saturated rings. The Kier molecular flexibility index (Phi) is 6.60. The topological polar surface area (TPSA) is 0 Å². The van der Waals surface area contributed by atoms with Crippen LogP contribution in [0.5, 0.6) is 0 Å². The normalized spacial score (nSPS) is 13.3. The molecule has 0 amide bonds. The van der Waals surface area contributed by atoms with Crippen molar-refractivity contribution >= 4 is 49.7 Å². The number of benzene rings is 1. The van der Waals surface area contributed by atoms with Gasteiger partial charge in [-0.25, -0.2) is 0 Å². The fourth-order valence-corrected chi connectivity index (χ4v) is 4.39. The molecule has 3 heteroatoms. The van der Waals surface area contributed by atoms with Crippen molar-refractivity contribution in [3.8, 4) is 0 Å². The Hall–Kier alpha value is 0.197. The molecule has 1 atom stereocenters. The number of unbranched alkanes of at least 4 members (excludes halogenated alkanes) is 2. The highest BCUT2D eigenvalue weighted by molar-refractivity contribution is 14.1. The van der Waals surface area contributed by atoms with Gasteiger partial charge in [-0.15, -0.1) is 0 Å². The number of allylic oxidation sites excluding steroid dienone is 1. The predicted octanol–water partition coefficient (Wildman–Crippen LogP) is 3.99. The first-order valence-corrected chi connectivity index (χ1v) is 11.8. The van der Waals surface area contributed by atoms with Crippen LogP contribution in [0.15, 0.2) is 30.3 Å². The molecule has 0 heterocycles. The van der Waals surface area contributed by atoms with Crippen LogP contribution in [0.2, 0.25) is 0 Å². The van der Waals surface area contributed by atoms with Crippen LogP contribution in [0.1, 0.15) is 31.7 Å². The summed E-state index contributed by atoms with van der Waals surface area (Å²) in [4.78, 5) is 0. The van der Waals surface area contributed by atoms with E-state index in [0.717, 1.165) is 0 Å². The molecular formula is C12H16ClISi. The minimum atomic E-state index is -1.24. The molecule has 0 aliphatic carbocycles. The SMILES string of the molecule is CCCCC=Cc1ccccc1[SiH](Cl)I. The van der Waals surface area contributed by atoms with E-state index < -0.39 is 5.60 Å². The zero-order valence-electron chi connectivity index (χ0n) is 8.92. The summed E-state index contributed by atoms with van der Waals surface area (Å²) < 4.78 is 0. The van der Waals surface area contributed by atoms with Gasteiger partial charge < -0.3 is 0 Å². The van der Waals surface area contributed by atoms with Gasteiger partial charge >= 0.3 is 0 Å². The third kappa shape index (κ3) is 4.70. The second kappa shape index (κ2) is 7.47. The van der Waals surface area contributed by atoms with Gasteiger partial charge in [0.2, 0.25) is 5.60 Å². The van der Waals surface area contributed by atoms with E-state index in [4.69, 9.17) is 11.1 Å². The minimum Gasteiger partial charge on any atom is -0.152 e. The Labute approximate surface area is 111 Å². The van der Waals surface area contributed by atoms with Crippen molar-refractivity contribution in [1.82, 2.24) is 0 Å². The van der Waals surface area contributed by atoms with Crippen LogP contribution in [-0.4, -0.2) is 5.60 Å². The lowest BCUT2D eigenvalue weighted by Gasteiger charge is -2.04. The van der Waals surface area contributed by atoms with Crippen LogP contribution in [0.3, 0.4) is 0 Å². The first kappa shape index (κ1) is 13.3. The Morgan fingerprint density at radius 3 is 2.80 bits per heavy atom. The summed E-state index contributed by atoms with van der Waals surface area (Å²) in [6, 6.07) is 8.45. The molecule has 0 aliphatic rings. The van der Waals surface area contributed by atoms with E-state index in [2.05, 4.69) is 65.1 Å². The third-order valence-corrected chi connectivity index (χ3v) is 5.97. The second-order valence-corrected chi connectivity index (χ2v) is 12.0. The molecule has 0 bridgehead atoms. The molecule has 0 aromatic heterocycles. The Morgan fingerprint density at radius 2 is 2.13 bits per heavy atom. The van der Waals surface area contributed by atoms with E-state index in [1.165, 1.54) is 30.0 Å². The number of hydrogen-bond donors (Lipinski definition) is 0. The summed E-state index contributed by atoms with van der Waals surface area (Å²) >= 11 is 8.61. The second-order valence-electron chi connectivity index (χ2n) is 3.47. The lowest BCUT2D eigenvalue weighted by Crippen LogP contribution is -2.20. The summed E-state index contributed by atoms with van der Waals surface area (Å²) in [5.74, 6) is 0. The highest BCUT2D eigenvalue weighted by Gasteiger charge is 2.07. The van der Waals surface area contributed by atoms with E-state index >= 15 is 0 Å². The molecular weight excluding hydrogens is 335 g/mol. The van der Waals surface area contributed by atoms with Gasteiger partial charge in [-0.1, -0.05) is 78.0 Å². The zero-order chi connectivity index (χ0) is 11.1. The lowest BCUT2D eigenvalue weighted by molar-refractivity contribution is 0.816. The minimum absolute atomic E-state index is 1.17. The summed E-state index contributed by atoms with van der Waals surface area (Å²) in [5.41, 5.74) is 0.0646. The Balaban J connectivity index is 2.71. The molecule has 0 saturated carbocycles. The Morgan fingerprint density at radius 1 is 1.40 bits per heavy atom. The van der Waals surface area contributed by atoms with Crippen LogP contribution < -0.4 is 5.19 Å². The van der Waals surface area contributed by atoms with Gasteiger partial charge in [-0.2, -0.15) is 11.1 Å². The first-order chi connectivity index (χ1) is 7.25. The van der Waals surface area contributed by atoms with Crippen LogP contribution in [-0.2, 0) is 0 Å². The standard InChI is InChI=1S/C12H16ClISi/c1-2-3-4-5-8-11-9-6-7-10-12(11)15(13)14/h5-10,15H,2-4H2,1H3. The third-order valence-electron chi connectivity index (χ3n) is 2.25. The van der Waals surface area contributed by atoms with Gasteiger partial charge in [0.1, 0.15) is 0 Å². The van der Waals surface area contributed by atoms with Gasteiger partial charge in [0.05, 0.1) is 0 Å². The van der Waals surface area contributed by atoms with Crippen molar-refractivity contribution in [2.45, 2.75) is 26.2 Å². The molecule has 0 nitrogen and oxygen atoms in total. The largest absolute Gasteiger partial charge is 0.237 e. The van der Waals surface area contributed by atoms with Crippen molar-refractivity contribution < 1.29 is 0 Å². The number of rotatable bonds is 5. The van der Waals surface area contributed by atoms with Crippen molar-refractivity contribution in [1.29, 1.82) is 0 Å². The molecule has 0 spiro atoms. The van der Waals surface area contributed by atoms with Crippen molar-refractivity contribution in [3.63, 3.8) is 0 Å². The zero-order valence-corrected chi connectivity index (χ0v) is 13.0. The van der Waals surface area contributed by atoms with Crippen LogP contribution in [0.25, 0.3) is 6.08 Å². The van der Waals surface area contributed by atoms with E-state index in [-0.39, 0.29) is 0 Å². The maximum atomic E-state index is 6.24. The molecule has 1 rings (SSSR count). The van der Waals surface area contributed by atoms with Crippen molar-refractivity contribution in [3.05, 3.63) is 35.9 Å². The molecule has 1 unspecified atom stereocenters. The fourth-order valence-electron chi connectivity index (χ4n) is 1.39. The Bertz CT molecular complexity index is 323. The highest BCUT2D eigenvalue weighted by Crippen LogP contribution is 2.08. The van der Waals surface area contributed by atoms with Crippen molar-refractivity contribution in [2.24, 2.45) is 0 Å². The number of halogens is 2. The summed E-state index contributed by atoms with van der Waals surface area (Å²) in [5, 5.41) is 1.34. The van der Waals surface area contributed by atoms with Gasteiger partial charge in [-0.05, 0) is 17.2 Å². The quantitative estimate of drug-likeness (QED) is 0.326. The van der Waals surface area contributed by atoms with Crippen LogP contribution in [0.4, 0.5) is 0 Å². The summed E-state index contributed by atoms with van der Waals surface area (Å²) in [6.07, 6.45) is 8.16. The number of hydrogen-bond acceptors (Lipinski definition) is 0. The van der Waals surface area contributed by atoms with E-state index in [9.17, 15) is 0 Å². The van der Waals surface area contributed by atoms with Gasteiger partial charge in [0, 0.05) is 0 Å². The van der Waals surface area contributed by atoms with Gasteiger partial charge in [-0.3, -0.25) is 0 Å². The molecule has 0 aliphatic heterocycles. The summed E-state index contributed by atoms with van der Waals surface area (Å²) in [7, 11) is 0. The van der Waals surface area contributed by atoms with Gasteiger partial charge in [0.15, 0.2) is 0 Å². The molecule has 82 valence electrons. The first-order valence-electron chi connectivity index (χ1n) is 5.29. The predicted molar refractivity (Wildman–Crippen MR) is 81.7 cm³/mol. The molecule has 0 radical (unpaired) electrons. The van der Waals surface area contributed by atoms with Gasteiger partial charge in [0.25, 0.3) is 0 Å².